The average Bonchev–Trinajstić information content (AvgIpc) is 0.708. The Hall–Kier alpha value is -10.8. The number of fused-ring (bicyclic) bond motifs is 8. The number of aryl methyl sites for hydroxylation is 2. The van der Waals surface area contributed by atoms with Gasteiger partial charge in [0.1, 0.15) is 0 Å². The fourth-order valence-electron chi connectivity index (χ4n) is 16.8. The summed E-state index contributed by atoms with van der Waals surface area (Å²) in [4.78, 5) is 0. The molecule has 0 nitrogen and oxygen atoms in total. The third-order valence-corrected chi connectivity index (χ3v) is 40.9. The maximum Gasteiger partial charge on any atom is 0.180 e. The molecule has 0 radical (unpaired) electrons. The molecule has 98 heavy (non-hydrogen) atoms. The molecular weight excluding hydrogens is 1240 g/mol. The van der Waals surface area contributed by atoms with E-state index in [9.17, 15) is 0 Å². The summed E-state index contributed by atoms with van der Waals surface area (Å²) in [6.07, 6.45) is 2.09. The predicted molar refractivity (Wildman–Crippen MR) is 429 cm³/mol. The summed E-state index contributed by atoms with van der Waals surface area (Å²) in [5.74, 6) is 0. The first-order valence-corrected chi connectivity index (χ1v) is 42.5. The smallest absolute Gasteiger partial charge is 0.0623 e. The molecule has 4 heteroatoms. The van der Waals surface area contributed by atoms with E-state index in [1.807, 2.05) is 0 Å². The van der Waals surface area contributed by atoms with Crippen molar-refractivity contribution < 1.29 is 0 Å². The van der Waals surface area contributed by atoms with E-state index >= 15 is 0 Å². The molecule has 0 fully saturated rings. The van der Waals surface area contributed by atoms with Crippen molar-refractivity contribution in [2.24, 2.45) is 0 Å². The maximum atomic E-state index is 2.45. The summed E-state index contributed by atoms with van der Waals surface area (Å²) < 4.78 is 0. The molecule has 0 atom stereocenters. The van der Waals surface area contributed by atoms with Gasteiger partial charge in [0.05, 0.1) is 0 Å². The van der Waals surface area contributed by atoms with E-state index in [0.29, 0.717) is 0 Å². The third-order valence-electron chi connectivity index (χ3n) is 21.0. The van der Waals surface area contributed by atoms with Gasteiger partial charge in [0, 0.05) is 0 Å². The summed E-state index contributed by atoms with van der Waals surface area (Å²) in [6.45, 7) is 4.50. The Kier molecular flexibility index (Phi) is 18.1. The van der Waals surface area contributed by atoms with Gasteiger partial charge in [-0.25, -0.2) is 0 Å². The fraction of sp³-hybridized carbons (Fsp3) is 0.0426. The van der Waals surface area contributed by atoms with Crippen molar-refractivity contribution in [3.63, 3.8) is 0 Å². The monoisotopic (exact) mass is 1320 g/mol. The van der Waals surface area contributed by atoms with Crippen molar-refractivity contribution in [3.8, 4) is 0 Å². The molecule has 0 saturated carbocycles. The van der Waals surface area contributed by atoms with E-state index in [-0.39, 0.29) is 0 Å². The van der Waals surface area contributed by atoms with Crippen molar-refractivity contribution in [1.82, 2.24) is 0 Å². The molecule has 0 unspecified atom stereocenters. The van der Waals surface area contributed by atoms with Crippen LogP contribution in [-0.4, -0.2) is 32.3 Å². The van der Waals surface area contributed by atoms with Crippen LogP contribution in [0.15, 0.2) is 413 Å². The van der Waals surface area contributed by atoms with Gasteiger partial charge in [0.2, 0.25) is 0 Å². The quantitative estimate of drug-likeness (QED) is 0.0845. The third kappa shape index (κ3) is 11.1. The Bertz CT molecular complexity index is 4500. The van der Waals surface area contributed by atoms with E-state index in [2.05, 4.69) is 426 Å². The van der Waals surface area contributed by atoms with Crippen LogP contribution in [0.3, 0.4) is 0 Å². The van der Waals surface area contributed by atoms with Crippen LogP contribution in [0.4, 0.5) is 0 Å². The highest BCUT2D eigenvalue weighted by atomic mass is 28.3. The molecule has 0 bridgehead atoms. The van der Waals surface area contributed by atoms with Gasteiger partial charge in [-0.15, -0.1) is 0 Å². The number of hydrogen-bond acceptors (Lipinski definition) is 0. The minimum atomic E-state index is -2.60. The SMILES string of the molecule is Cc1ccccc1[Si](c1ccccc1)(c1ccccc1)c1ccccc1C.c1ccc([Si](c2ccccc2)(c2ccccc2)c2ccc([Si](c3ccccc3)(c3ccccc3)c3ccccc3)cc2)cc1.c1ccc2c(c1)Cc1ccccc1[Si]21c2ccccc2Cc2ccccc21. The summed E-state index contributed by atoms with van der Waals surface area (Å²) in [6, 6.07) is 154. The Morgan fingerprint density at radius 3 is 0.571 bits per heavy atom. The van der Waals surface area contributed by atoms with Gasteiger partial charge in [-0.2, -0.15) is 0 Å². The van der Waals surface area contributed by atoms with Crippen LogP contribution in [0.25, 0.3) is 0 Å². The first-order chi connectivity index (χ1) is 48.5. The van der Waals surface area contributed by atoms with E-state index < -0.39 is 32.3 Å². The maximum absolute atomic E-state index is 2.60. The van der Waals surface area contributed by atoms with Crippen molar-refractivity contribution in [1.29, 1.82) is 0 Å². The van der Waals surface area contributed by atoms with E-state index in [4.69, 9.17) is 0 Å². The summed E-state index contributed by atoms with van der Waals surface area (Å²) >= 11 is 0. The van der Waals surface area contributed by atoms with Crippen molar-refractivity contribution >= 4 is 115 Å². The molecule has 0 aromatic heterocycles. The van der Waals surface area contributed by atoms with Crippen molar-refractivity contribution in [2.45, 2.75) is 26.7 Å². The zero-order valence-corrected chi connectivity index (χ0v) is 59.7. The molecule has 15 aromatic rings. The number of benzene rings is 15. The molecule has 17 rings (SSSR count). The first kappa shape index (κ1) is 63.2. The molecule has 0 saturated heterocycles. The molecule has 15 aromatic carbocycles. The van der Waals surface area contributed by atoms with Gasteiger partial charge in [-0.1, -0.05) is 424 Å². The van der Waals surface area contributed by atoms with Gasteiger partial charge < -0.3 is 0 Å². The summed E-state index contributed by atoms with van der Waals surface area (Å²) in [5.41, 5.74) is 8.76. The molecule has 2 aliphatic rings. The topological polar surface area (TPSA) is 0 Å². The summed E-state index contributed by atoms with van der Waals surface area (Å²) in [5, 5.41) is 23.3. The zero-order chi connectivity index (χ0) is 66.2. The number of rotatable bonds is 12. The van der Waals surface area contributed by atoms with Gasteiger partial charge in [-0.05, 0) is 132 Å². The van der Waals surface area contributed by atoms with Gasteiger partial charge in [0.15, 0.2) is 32.3 Å². The Morgan fingerprint density at radius 1 is 0.173 bits per heavy atom. The molecule has 0 amide bonds. The normalized spacial score (nSPS) is 12.6. The largest absolute Gasteiger partial charge is 0.180 e. The van der Waals surface area contributed by atoms with Gasteiger partial charge in [0.25, 0.3) is 0 Å². The second kappa shape index (κ2) is 28.1. The van der Waals surface area contributed by atoms with Crippen molar-refractivity contribution in [2.75, 3.05) is 0 Å². The van der Waals surface area contributed by atoms with Crippen LogP contribution >= 0.6 is 0 Å². The van der Waals surface area contributed by atoms with Gasteiger partial charge >= 0.3 is 0 Å². The highest BCUT2D eigenvalue weighted by Gasteiger charge is 2.50. The van der Waals surface area contributed by atoms with E-state index in [1.165, 1.54) is 95.6 Å². The number of hydrogen-bond donors (Lipinski definition) is 0. The van der Waals surface area contributed by atoms with E-state index in [1.54, 1.807) is 20.7 Å². The molecule has 0 aliphatic carbocycles. The Balaban J connectivity index is 0.000000126. The van der Waals surface area contributed by atoms with Crippen LogP contribution in [0, 0.1) is 13.8 Å². The average molecular weight is 1320 g/mol. The molecule has 0 N–H and O–H groups in total. The lowest BCUT2D eigenvalue weighted by atomic mass is 10.0. The van der Waals surface area contributed by atoms with Crippen LogP contribution < -0.4 is 83.0 Å². The second-order valence-electron chi connectivity index (χ2n) is 26.1. The van der Waals surface area contributed by atoms with Crippen molar-refractivity contribution in [3.05, 3.63) is 446 Å². The molecule has 470 valence electrons. The Labute approximate surface area is 583 Å². The molecule has 2 aliphatic heterocycles. The Morgan fingerprint density at radius 2 is 0.347 bits per heavy atom. The standard InChI is InChI=1S/C42H34Si2.C26H20Si.C26H24Si/c1-7-19-35(20-8-1)43(36-21-9-2-10-22-36,37-23-11-3-12-24-37)41-31-33-42(34-32-41)44(38-25-13-4-14-26-38,39-27-15-5-16-28-39)40-29-17-6-18-30-40;1-5-13-23-19(9-1)17-20-10-2-6-14-24(20)27(23)25-15-7-3-11-21(25)18-22-12-4-8-16-26(22)27;1-21-13-9-11-19-25(21)27(23-15-5-3-6-16-23,24-17-7-4-8-18-24)26-20-12-10-14-22(26)2/h1-34H;1-16H,17-18H2;3-20H,1-2H3. The van der Waals surface area contributed by atoms with Crippen LogP contribution in [0.5, 0.6) is 0 Å². The molecular formula is C94H78Si4. The fourth-order valence-corrected chi connectivity index (χ4v) is 37.4. The van der Waals surface area contributed by atoms with Crippen LogP contribution in [0.2, 0.25) is 0 Å². The lowest BCUT2D eigenvalue weighted by Gasteiger charge is -2.44. The highest BCUT2D eigenvalue weighted by molar-refractivity contribution is 7.22. The summed E-state index contributed by atoms with van der Waals surface area (Å²) in [7, 11) is -9.85. The second-order valence-corrected chi connectivity index (χ2v) is 41.1. The van der Waals surface area contributed by atoms with Crippen LogP contribution in [-0.2, 0) is 12.8 Å². The van der Waals surface area contributed by atoms with E-state index in [0.717, 1.165) is 12.8 Å². The first-order valence-electron chi connectivity index (χ1n) is 34.5. The van der Waals surface area contributed by atoms with Gasteiger partial charge in [-0.3, -0.25) is 0 Å². The lowest BCUT2D eigenvalue weighted by molar-refractivity contribution is 1.18. The minimum Gasteiger partial charge on any atom is -0.0623 e. The lowest BCUT2D eigenvalue weighted by Crippen LogP contribution is -2.79. The molecule has 1 spiro atoms. The minimum absolute atomic E-state index is 1.05. The zero-order valence-electron chi connectivity index (χ0n) is 55.7. The molecule has 2 heterocycles. The predicted octanol–water partition coefficient (Wildman–Crippen LogP) is 11.0. The highest BCUT2D eigenvalue weighted by Crippen LogP contribution is 2.27. The van der Waals surface area contributed by atoms with Crippen LogP contribution in [0.1, 0.15) is 33.4 Å².